The van der Waals surface area contributed by atoms with Crippen molar-refractivity contribution in [3.63, 3.8) is 0 Å². The third-order valence-electron chi connectivity index (χ3n) is 9.20. The van der Waals surface area contributed by atoms with Gasteiger partial charge in [0.2, 0.25) is 17.7 Å². The predicted octanol–water partition coefficient (Wildman–Crippen LogP) is 4.06. The van der Waals surface area contributed by atoms with E-state index in [-0.39, 0.29) is 37.8 Å². The molecular weight excluding hydrogens is 630 g/mol. The lowest BCUT2D eigenvalue weighted by Crippen LogP contribution is -2.51. The van der Waals surface area contributed by atoms with Crippen molar-refractivity contribution in [2.24, 2.45) is 11.8 Å². The van der Waals surface area contributed by atoms with E-state index >= 15 is 0 Å². The Bertz CT molecular complexity index is 1390. The van der Waals surface area contributed by atoms with Crippen LogP contribution in [-0.2, 0) is 25.5 Å². The number of para-hydroxylation sites is 1. The maximum absolute atomic E-state index is 13.8. The zero-order valence-electron chi connectivity index (χ0n) is 29.6. The highest BCUT2D eigenvalue weighted by Gasteiger charge is 2.31. The molecule has 1 aliphatic carbocycles. The van der Waals surface area contributed by atoms with Gasteiger partial charge in [0.15, 0.2) is 0 Å². The van der Waals surface area contributed by atoms with E-state index in [9.17, 15) is 19.5 Å². The zero-order chi connectivity index (χ0) is 36.1. The topological polar surface area (TPSA) is 132 Å². The van der Waals surface area contributed by atoms with Crippen LogP contribution in [0.3, 0.4) is 0 Å². The van der Waals surface area contributed by atoms with Crippen LogP contribution in [0, 0.1) is 36.5 Å². The Morgan fingerprint density at radius 3 is 2.30 bits per heavy atom. The summed E-state index contributed by atoms with van der Waals surface area (Å²) < 4.78 is 6.35. The van der Waals surface area contributed by atoms with E-state index in [1.165, 1.54) is 6.42 Å². The fourth-order valence-electron chi connectivity index (χ4n) is 6.09. The molecule has 2 aromatic rings. The first-order valence-corrected chi connectivity index (χ1v) is 17.8. The molecule has 270 valence electrons. The van der Waals surface area contributed by atoms with Gasteiger partial charge in [-0.2, -0.15) is 0 Å². The second-order valence-electron chi connectivity index (χ2n) is 13.2. The van der Waals surface area contributed by atoms with Crippen LogP contribution in [-0.4, -0.2) is 78.8 Å². The average Bonchev–Trinajstić information content (AvgIpc) is 3.13. The molecule has 3 unspecified atom stereocenters. The van der Waals surface area contributed by atoms with E-state index in [4.69, 9.17) is 17.6 Å². The van der Waals surface area contributed by atoms with E-state index < -0.39 is 36.0 Å². The minimum atomic E-state index is -0.984. The minimum Gasteiger partial charge on any atom is -0.389 e. The number of nitrogens with zero attached hydrogens (tertiary/aromatic N) is 1. The van der Waals surface area contributed by atoms with Crippen LogP contribution in [0.25, 0.3) is 0 Å². The Balaban J connectivity index is 1.62. The number of carbonyl (C=O) groups is 3. The molecule has 0 aromatic heterocycles. The first-order chi connectivity index (χ1) is 24.2. The number of likely N-dealkylation sites (N-methyl/N-ethyl adjacent to an activating group) is 1. The number of terminal acetylenes is 2. The molecule has 50 heavy (non-hydrogen) atoms. The number of ether oxygens (including phenoxy) is 1. The number of hydrazine groups is 1. The molecule has 1 aliphatic rings. The van der Waals surface area contributed by atoms with Crippen molar-refractivity contribution in [1.82, 2.24) is 21.0 Å². The van der Waals surface area contributed by atoms with Crippen LogP contribution in [0.2, 0.25) is 0 Å². The van der Waals surface area contributed by atoms with Crippen LogP contribution in [0.15, 0.2) is 60.7 Å². The SMILES string of the molecule is C#CCC[C@H](NC(=O)C(CC(=O)N(C)CCNNc1ccccc1)Cc1ccccc1)C(=O)NC[C@@H](O)[C@H](CCC#C)OC1CCCCC1C. The highest BCUT2D eigenvalue weighted by molar-refractivity contribution is 5.90. The maximum atomic E-state index is 13.8. The summed E-state index contributed by atoms with van der Waals surface area (Å²) in [5, 5.41) is 16.8. The van der Waals surface area contributed by atoms with Gasteiger partial charge in [-0.05, 0) is 55.7 Å². The molecule has 2 aromatic carbocycles. The van der Waals surface area contributed by atoms with Gasteiger partial charge in [0.05, 0.1) is 24.2 Å². The molecular formula is C40H55N5O5. The van der Waals surface area contributed by atoms with Crippen molar-refractivity contribution in [2.75, 3.05) is 32.1 Å². The Morgan fingerprint density at radius 2 is 1.62 bits per heavy atom. The Morgan fingerprint density at radius 1 is 0.960 bits per heavy atom. The fourth-order valence-corrected chi connectivity index (χ4v) is 6.09. The van der Waals surface area contributed by atoms with Crippen LogP contribution in [0.1, 0.15) is 70.3 Å². The highest BCUT2D eigenvalue weighted by Crippen LogP contribution is 2.28. The number of carbonyl (C=O) groups excluding carboxylic acids is 3. The van der Waals surface area contributed by atoms with Crippen LogP contribution in [0.5, 0.6) is 0 Å². The molecule has 10 heteroatoms. The Hall–Kier alpha value is -4.35. The number of aliphatic hydroxyl groups excluding tert-OH is 1. The van der Waals surface area contributed by atoms with Gasteiger partial charge in [-0.3, -0.25) is 14.4 Å². The van der Waals surface area contributed by atoms with Gasteiger partial charge in [-0.15, -0.1) is 24.7 Å². The smallest absolute Gasteiger partial charge is 0.242 e. The van der Waals surface area contributed by atoms with Crippen molar-refractivity contribution in [3.8, 4) is 24.7 Å². The summed E-state index contributed by atoms with van der Waals surface area (Å²) in [6, 6.07) is 18.2. The summed E-state index contributed by atoms with van der Waals surface area (Å²) in [4.78, 5) is 42.2. The van der Waals surface area contributed by atoms with E-state index in [2.05, 4.69) is 40.2 Å². The monoisotopic (exact) mass is 685 g/mol. The van der Waals surface area contributed by atoms with Crippen LogP contribution >= 0.6 is 0 Å². The number of benzene rings is 2. The normalized spacial score (nSPS) is 17.9. The molecule has 0 saturated heterocycles. The standard InChI is InChI=1S/C40H55N5O5/c1-5-7-22-34(40(49)41-29-35(46)37(23-8-6-2)50-36-24-16-15-17-30(36)3)43-39(48)32(27-31-18-11-9-12-19-31)28-38(47)45(4)26-25-42-44-33-20-13-10-14-21-33/h1-2,9-14,18-21,30,32,34-37,42,44,46H,7-8,15-17,22-29H2,3-4H3,(H,41,49)(H,43,48)/t30?,32?,34-,35+,36?,37-/m0/s1. The van der Waals surface area contributed by atoms with Gasteiger partial charge in [-0.25, -0.2) is 5.43 Å². The van der Waals surface area contributed by atoms with Gasteiger partial charge in [0, 0.05) is 51.6 Å². The lowest BCUT2D eigenvalue weighted by molar-refractivity contribution is -0.136. The van der Waals surface area contributed by atoms with Crippen molar-refractivity contribution in [1.29, 1.82) is 0 Å². The number of nitrogens with one attached hydrogen (secondary N) is 4. The summed E-state index contributed by atoms with van der Waals surface area (Å²) in [6.07, 6.45) is 15.5. The Kier molecular flexibility index (Phi) is 17.9. The van der Waals surface area contributed by atoms with Crippen LogP contribution < -0.4 is 21.5 Å². The zero-order valence-corrected chi connectivity index (χ0v) is 29.6. The van der Waals surface area contributed by atoms with E-state index in [0.29, 0.717) is 38.3 Å². The third kappa shape index (κ3) is 14.2. The van der Waals surface area contributed by atoms with Crippen LogP contribution in [0.4, 0.5) is 5.69 Å². The second kappa shape index (κ2) is 22.4. The predicted molar refractivity (Wildman–Crippen MR) is 197 cm³/mol. The van der Waals surface area contributed by atoms with Crippen molar-refractivity contribution in [2.45, 2.75) is 95.5 Å². The average molecular weight is 686 g/mol. The molecule has 0 aliphatic heterocycles. The number of hydrogen-bond acceptors (Lipinski definition) is 7. The van der Waals surface area contributed by atoms with Gasteiger partial charge in [0.1, 0.15) is 6.04 Å². The number of hydrogen-bond donors (Lipinski definition) is 5. The molecule has 6 atom stereocenters. The Labute approximate surface area is 298 Å². The number of anilines is 1. The molecule has 1 fully saturated rings. The summed E-state index contributed by atoms with van der Waals surface area (Å²) >= 11 is 0. The highest BCUT2D eigenvalue weighted by atomic mass is 16.5. The summed E-state index contributed by atoms with van der Waals surface area (Å²) in [5.74, 6) is 3.74. The minimum absolute atomic E-state index is 0.0325. The molecule has 0 heterocycles. The largest absolute Gasteiger partial charge is 0.389 e. The van der Waals surface area contributed by atoms with E-state index in [0.717, 1.165) is 30.5 Å². The molecule has 0 radical (unpaired) electrons. The van der Waals surface area contributed by atoms with Gasteiger partial charge in [-0.1, -0.05) is 68.3 Å². The van der Waals surface area contributed by atoms with Crippen molar-refractivity contribution in [3.05, 3.63) is 66.2 Å². The van der Waals surface area contributed by atoms with Gasteiger partial charge in [0.25, 0.3) is 0 Å². The molecule has 10 nitrogen and oxygen atoms in total. The maximum Gasteiger partial charge on any atom is 0.242 e. The lowest BCUT2D eigenvalue weighted by Gasteiger charge is -2.34. The first kappa shape index (κ1) is 40.1. The summed E-state index contributed by atoms with van der Waals surface area (Å²) in [5.41, 5.74) is 8.00. The summed E-state index contributed by atoms with van der Waals surface area (Å²) in [7, 11) is 1.70. The quantitative estimate of drug-likeness (QED) is 0.0761. The van der Waals surface area contributed by atoms with Crippen molar-refractivity contribution >= 4 is 23.4 Å². The number of amides is 3. The molecule has 3 amide bonds. The fraction of sp³-hybridized carbons (Fsp3) is 0.525. The molecule has 1 saturated carbocycles. The van der Waals surface area contributed by atoms with E-state index in [1.807, 2.05) is 60.7 Å². The van der Waals surface area contributed by atoms with Gasteiger partial charge < -0.3 is 30.8 Å². The molecule has 0 bridgehead atoms. The molecule has 0 spiro atoms. The van der Waals surface area contributed by atoms with Crippen molar-refractivity contribution < 1.29 is 24.2 Å². The molecule has 3 rings (SSSR count). The third-order valence-corrected chi connectivity index (χ3v) is 9.20. The number of aliphatic hydroxyl groups is 1. The first-order valence-electron chi connectivity index (χ1n) is 17.8. The lowest BCUT2D eigenvalue weighted by atomic mass is 9.87. The molecule has 5 N–H and O–H groups in total. The van der Waals surface area contributed by atoms with Gasteiger partial charge >= 0.3 is 0 Å². The number of rotatable bonds is 21. The van der Waals surface area contributed by atoms with E-state index in [1.54, 1.807) is 11.9 Å². The second-order valence-corrected chi connectivity index (χ2v) is 13.2. The summed E-state index contributed by atoms with van der Waals surface area (Å²) in [6.45, 7) is 3.00.